The van der Waals surface area contributed by atoms with Crippen molar-refractivity contribution in [1.82, 2.24) is 5.32 Å². The summed E-state index contributed by atoms with van der Waals surface area (Å²) < 4.78 is 11.2. The first kappa shape index (κ1) is 30.3. The third-order valence-corrected chi connectivity index (χ3v) is 7.73. The maximum atomic E-state index is 13.6. The number of aliphatic hydroxyl groups is 4. The predicted molar refractivity (Wildman–Crippen MR) is 152 cm³/mol. The lowest BCUT2D eigenvalue weighted by Gasteiger charge is -2.39. The molecule has 0 spiro atoms. The number of aliphatic hydroxyl groups excluding tert-OH is 3. The van der Waals surface area contributed by atoms with Crippen molar-refractivity contribution in [3.8, 4) is 11.5 Å². The highest BCUT2D eigenvalue weighted by Crippen LogP contribution is 2.40. The number of carbonyl (C=O) groups excluding carboxylic acids is 3. The number of hydrogen-bond acceptors (Lipinski definition) is 10. The molecule has 1 amide bonds. The van der Waals surface area contributed by atoms with Crippen LogP contribution in [-0.4, -0.2) is 79.3 Å². The second-order valence-electron chi connectivity index (χ2n) is 11.2. The maximum Gasteiger partial charge on any atom is 0.229 e. The second kappa shape index (κ2) is 11.9. The Labute approximate surface area is 247 Å². The lowest BCUT2D eigenvalue weighted by atomic mass is 9.81. The Bertz CT molecular complexity index is 1550. The third-order valence-electron chi connectivity index (χ3n) is 7.73. The monoisotopic (exact) mass is 591 g/mol. The van der Waals surface area contributed by atoms with Gasteiger partial charge in [0.2, 0.25) is 12.2 Å². The molecule has 1 heterocycles. The number of benzene rings is 3. The number of rotatable bonds is 8. The molecule has 6 N–H and O–H groups in total. The summed E-state index contributed by atoms with van der Waals surface area (Å²) in [6.45, 7) is 3.21. The van der Waals surface area contributed by atoms with Crippen LogP contribution in [-0.2, 0) is 22.5 Å². The molecular weight excluding hydrogens is 558 g/mol. The van der Waals surface area contributed by atoms with Crippen LogP contribution in [0.3, 0.4) is 0 Å². The molecule has 0 aromatic heterocycles. The van der Waals surface area contributed by atoms with E-state index in [0.717, 1.165) is 5.56 Å². The van der Waals surface area contributed by atoms with Crippen LogP contribution in [0.4, 0.5) is 0 Å². The Morgan fingerprint density at radius 3 is 2.30 bits per heavy atom. The first-order valence-electron chi connectivity index (χ1n) is 13.8. The van der Waals surface area contributed by atoms with Gasteiger partial charge >= 0.3 is 0 Å². The summed E-state index contributed by atoms with van der Waals surface area (Å²) >= 11 is 0. The van der Waals surface area contributed by atoms with Gasteiger partial charge in [-0.2, -0.15) is 0 Å². The van der Waals surface area contributed by atoms with Crippen molar-refractivity contribution in [3.05, 3.63) is 94.0 Å². The number of nitrogens with one attached hydrogen (secondary N) is 1. The van der Waals surface area contributed by atoms with Crippen LogP contribution in [0.5, 0.6) is 11.5 Å². The zero-order valence-corrected chi connectivity index (χ0v) is 23.6. The lowest BCUT2D eigenvalue weighted by Crippen LogP contribution is -2.58. The van der Waals surface area contributed by atoms with E-state index >= 15 is 0 Å². The van der Waals surface area contributed by atoms with E-state index in [4.69, 9.17) is 9.47 Å². The second-order valence-corrected chi connectivity index (χ2v) is 11.2. The van der Waals surface area contributed by atoms with Crippen LogP contribution in [0.15, 0.2) is 60.7 Å². The molecule has 6 atom stereocenters. The number of hydrogen-bond donors (Lipinski definition) is 6. The predicted octanol–water partition coefficient (Wildman–Crippen LogP) is 1.37. The molecule has 1 saturated heterocycles. The van der Waals surface area contributed by atoms with E-state index in [9.17, 15) is 39.9 Å². The smallest absolute Gasteiger partial charge is 0.229 e. The van der Waals surface area contributed by atoms with Crippen LogP contribution in [0.1, 0.15) is 63.2 Å². The number of carbonyl (C=O) groups is 3. The summed E-state index contributed by atoms with van der Waals surface area (Å²) in [5, 5.41) is 55.3. The molecule has 0 bridgehead atoms. The van der Waals surface area contributed by atoms with Gasteiger partial charge in [-0.3, -0.25) is 14.4 Å². The average Bonchev–Trinajstić information content (AvgIpc) is 2.97. The van der Waals surface area contributed by atoms with Crippen molar-refractivity contribution in [2.24, 2.45) is 0 Å². The van der Waals surface area contributed by atoms with Gasteiger partial charge in [0.15, 0.2) is 11.6 Å². The first-order chi connectivity index (χ1) is 20.4. The van der Waals surface area contributed by atoms with E-state index in [-0.39, 0.29) is 53.0 Å². The van der Waals surface area contributed by atoms with Crippen LogP contribution in [0.2, 0.25) is 0 Å². The van der Waals surface area contributed by atoms with Gasteiger partial charge in [-0.05, 0) is 37.1 Å². The molecule has 1 fully saturated rings. The molecule has 5 rings (SSSR count). The number of phenolic OH excluding ortho intramolecular Hbond substituents is 1. The summed E-state index contributed by atoms with van der Waals surface area (Å²) in [4.78, 5) is 39.7. The van der Waals surface area contributed by atoms with Crippen molar-refractivity contribution in [2.45, 2.75) is 69.5 Å². The van der Waals surface area contributed by atoms with Gasteiger partial charge in [-0.15, -0.1) is 0 Å². The Balaban J connectivity index is 1.35. The fourth-order valence-corrected chi connectivity index (χ4v) is 5.43. The van der Waals surface area contributed by atoms with Crippen LogP contribution < -0.4 is 10.1 Å². The average molecular weight is 592 g/mol. The normalized spacial score (nSPS) is 24.5. The Hall–Kier alpha value is -4.13. The highest BCUT2D eigenvalue weighted by molar-refractivity contribution is 6.30. The fraction of sp³-hybridized carbons (Fsp3) is 0.344. The molecule has 3 aromatic rings. The van der Waals surface area contributed by atoms with E-state index in [1.54, 1.807) is 0 Å². The maximum absolute atomic E-state index is 13.6. The molecule has 1 aliphatic heterocycles. The minimum atomic E-state index is -1.64. The molecule has 226 valence electrons. The highest BCUT2D eigenvalue weighted by atomic mass is 16.7. The molecule has 0 radical (unpaired) electrons. The SMILES string of the molecule is C[C@@H]1O[C@@H](Oc2cccc3c2C(=O)c2ccc(C[C@@](C)(O)CC(=O)NCc4ccccc4)c(O)c2C3=O)[C@H](O)[C@H](O)[C@H]1O. The molecule has 0 saturated carbocycles. The Kier molecular flexibility index (Phi) is 8.37. The number of ether oxygens (including phenoxy) is 2. The van der Waals surface area contributed by atoms with Gasteiger partial charge in [0.1, 0.15) is 29.8 Å². The number of ketones is 2. The third kappa shape index (κ3) is 6.03. The quantitative estimate of drug-likeness (QED) is 0.175. The highest BCUT2D eigenvalue weighted by Gasteiger charge is 2.44. The summed E-state index contributed by atoms with van der Waals surface area (Å²) in [7, 11) is 0. The first-order valence-corrected chi connectivity index (χ1v) is 13.8. The molecular formula is C32H33NO10. The fourth-order valence-electron chi connectivity index (χ4n) is 5.43. The van der Waals surface area contributed by atoms with E-state index in [0.29, 0.717) is 0 Å². The molecule has 3 aromatic carbocycles. The zero-order chi connectivity index (χ0) is 31.1. The van der Waals surface area contributed by atoms with E-state index < -0.39 is 59.5 Å². The van der Waals surface area contributed by atoms with Gasteiger partial charge < -0.3 is 40.3 Å². The molecule has 2 aliphatic rings. The number of amides is 1. The standard InChI is InChI=1S/C32H33NO10/c1-16-25(35)29(39)30(40)31(42-16)43-21-10-6-9-19-23(21)27(37)20-12-11-18(26(36)24(20)28(19)38)13-32(2,41)14-22(34)33-15-17-7-4-3-5-8-17/h3-12,16,25,29-31,35-36,39-41H,13-15H2,1-2H3,(H,33,34)/t16-,25-,29+,30+,31-,32+/m0/s1. The Morgan fingerprint density at radius 1 is 0.907 bits per heavy atom. The molecule has 43 heavy (non-hydrogen) atoms. The number of aromatic hydroxyl groups is 1. The van der Waals surface area contributed by atoms with Gasteiger partial charge in [0, 0.05) is 24.1 Å². The number of phenols is 1. The minimum Gasteiger partial charge on any atom is -0.507 e. The summed E-state index contributed by atoms with van der Waals surface area (Å²) in [5.74, 6) is -2.26. The zero-order valence-electron chi connectivity index (χ0n) is 23.6. The van der Waals surface area contributed by atoms with Crippen molar-refractivity contribution >= 4 is 17.5 Å². The molecule has 11 nitrogen and oxygen atoms in total. The van der Waals surface area contributed by atoms with E-state index in [1.165, 1.54) is 44.2 Å². The van der Waals surface area contributed by atoms with Crippen molar-refractivity contribution < 1.29 is 49.4 Å². The largest absolute Gasteiger partial charge is 0.507 e. The van der Waals surface area contributed by atoms with Crippen molar-refractivity contribution in [2.75, 3.05) is 0 Å². The van der Waals surface area contributed by atoms with Gasteiger partial charge in [-0.25, -0.2) is 0 Å². The molecule has 11 heteroatoms. The Morgan fingerprint density at radius 2 is 1.58 bits per heavy atom. The number of fused-ring (bicyclic) bond motifs is 2. The summed E-state index contributed by atoms with van der Waals surface area (Å²) in [6, 6.07) is 16.3. The topological polar surface area (TPSA) is 183 Å². The minimum absolute atomic E-state index is 0.0616. The van der Waals surface area contributed by atoms with E-state index in [1.807, 2.05) is 30.3 Å². The van der Waals surface area contributed by atoms with Gasteiger partial charge in [0.25, 0.3) is 0 Å². The van der Waals surface area contributed by atoms with Gasteiger partial charge in [0.05, 0.1) is 29.3 Å². The van der Waals surface area contributed by atoms with Crippen LogP contribution in [0, 0.1) is 0 Å². The molecule has 1 aliphatic carbocycles. The van der Waals surface area contributed by atoms with Crippen molar-refractivity contribution in [1.29, 1.82) is 0 Å². The molecule has 0 unspecified atom stereocenters. The van der Waals surface area contributed by atoms with E-state index in [2.05, 4.69) is 5.32 Å². The van der Waals surface area contributed by atoms with Gasteiger partial charge in [-0.1, -0.05) is 48.5 Å². The van der Waals surface area contributed by atoms with Crippen LogP contribution >= 0.6 is 0 Å². The summed E-state index contributed by atoms with van der Waals surface area (Å²) in [6.07, 6.45) is -7.32. The summed E-state index contributed by atoms with van der Waals surface area (Å²) in [5.41, 5.74) is -1.01. The lowest BCUT2D eigenvalue weighted by molar-refractivity contribution is -0.268. The van der Waals surface area contributed by atoms with Crippen LogP contribution in [0.25, 0.3) is 0 Å². The van der Waals surface area contributed by atoms with Crippen molar-refractivity contribution in [3.63, 3.8) is 0 Å².